The van der Waals surface area contributed by atoms with Crippen molar-refractivity contribution in [2.45, 2.75) is 44.3 Å². The molecule has 9 aromatic rings. The standard InChI is InChI=1S/C58H46S4/c1-57(45-27-31-53(59)49(35-45)39-15-7-3-8-16-39,46-28-32-54(60)50(36-46)40-17-9-4-10-18-40)43-23-25-44(26-24-43)58(2,47-29-33-55(61)51(37-47)41-19-11-5-12-20-41)48-30-34-56(62)52(38-48)42-21-13-6-14-22-42/h3-38,59-62H,1-2H3. The Hall–Kier alpha value is -5.62. The average Bonchev–Trinajstić information content (AvgIpc) is 3.33. The first kappa shape index (κ1) is 41.7. The molecular weight excluding hydrogens is 825 g/mol. The van der Waals surface area contributed by atoms with Crippen molar-refractivity contribution in [3.8, 4) is 44.5 Å². The molecule has 0 nitrogen and oxygen atoms in total. The molecule has 0 saturated carbocycles. The summed E-state index contributed by atoms with van der Waals surface area (Å²) >= 11 is 19.9. The minimum absolute atomic E-state index is 0.562. The predicted octanol–water partition coefficient (Wildman–Crippen LogP) is 16.2. The molecule has 0 unspecified atom stereocenters. The Bertz CT molecular complexity index is 2610. The maximum atomic E-state index is 4.97. The van der Waals surface area contributed by atoms with Crippen molar-refractivity contribution in [3.05, 3.63) is 252 Å². The van der Waals surface area contributed by atoms with Crippen molar-refractivity contribution in [1.82, 2.24) is 0 Å². The third kappa shape index (κ3) is 7.86. The Morgan fingerprint density at radius 2 is 0.435 bits per heavy atom. The van der Waals surface area contributed by atoms with E-state index < -0.39 is 10.8 Å². The topological polar surface area (TPSA) is 0 Å². The van der Waals surface area contributed by atoms with Gasteiger partial charge in [0, 0.05) is 30.4 Å². The fourth-order valence-corrected chi connectivity index (χ4v) is 9.99. The monoisotopic (exact) mass is 870 g/mol. The second kappa shape index (κ2) is 17.6. The molecule has 0 bridgehead atoms. The van der Waals surface area contributed by atoms with Gasteiger partial charge in [0.05, 0.1) is 0 Å². The van der Waals surface area contributed by atoms with E-state index in [1.165, 1.54) is 33.4 Å². The van der Waals surface area contributed by atoms with Gasteiger partial charge in [-0.2, -0.15) is 0 Å². The van der Waals surface area contributed by atoms with Crippen molar-refractivity contribution in [2.24, 2.45) is 0 Å². The number of hydrogen-bond acceptors (Lipinski definition) is 4. The molecule has 0 aliphatic rings. The summed E-state index contributed by atoms with van der Waals surface area (Å²) < 4.78 is 0. The fourth-order valence-electron chi connectivity index (χ4n) is 8.92. The van der Waals surface area contributed by atoms with Crippen molar-refractivity contribution in [2.75, 3.05) is 0 Å². The van der Waals surface area contributed by atoms with Gasteiger partial charge in [-0.15, -0.1) is 50.5 Å². The lowest BCUT2D eigenvalue weighted by molar-refractivity contribution is 0.676. The quantitative estimate of drug-likeness (QED) is 0.0764. The number of hydrogen-bond donors (Lipinski definition) is 4. The van der Waals surface area contributed by atoms with Crippen LogP contribution >= 0.6 is 50.5 Å². The van der Waals surface area contributed by atoms with Crippen LogP contribution < -0.4 is 0 Å². The Morgan fingerprint density at radius 1 is 0.242 bits per heavy atom. The maximum absolute atomic E-state index is 4.97. The summed E-state index contributed by atoms with van der Waals surface area (Å²) in [6.07, 6.45) is 0. The Kier molecular flexibility index (Phi) is 11.9. The SMILES string of the molecule is CC(c1ccc(C(C)(c2ccc(S)c(-c3ccccc3)c2)c2ccc(S)c(-c3ccccc3)c2)cc1)(c1ccc(S)c(-c2ccccc2)c1)c1ccc(S)c(-c2ccccc2)c1. The summed E-state index contributed by atoms with van der Waals surface area (Å²) in [5, 5.41) is 0. The lowest BCUT2D eigenvalue weighted by atomic mass is 9.67. The van der Waals surface area contributed by atoms with Gasteiger partial charge in [-0.05, 0) is 140 Å². The Labute approximate surface area is 388 Å². The Balaban J connectivity index is 1.25. The summed E-state index contributed by atoms with van der Waals surface area (Å²) in [6, 6.07) is 78.2. The van der Waals surface area contributed by atoms with Gasteiger partial charge in [-0.1, -0.05) is 170 Å². The van der Waals surface area contributed by atoms with Crippen LogP contribution in [0.5, 0.6) is 0 Å². The van der Waals surface area contributed by atoms with E-state index in [2.05, 4.69) is 232 Å². The van der Waals surface area contributed by atoms with Crippen molar-refractivity contribution in [3.63, 3.8) is 0 Å². The van der Waals surface area contributed by atoms with Crippen LogP contribution in [-0.4, -0.2) is 0 Å². The van der Waals surface area contributed by atoms with Gasteiger partial charge in [0.2, 0.25) is 0 Å². The van der Waals surface area contributed by atoms with E-state index in [9.17, 15) is 0 Å². The van der Waals surface area contributed by atoms with E-state index >= 15 is 0 Å². The van der Waals surface area contributed by atoms with Crippen LogP contribution in [0.1, 0.15) is 47.2 Å². The van der Waals surface area contributed by atoms with Gasteiger partial charge >= 0.3 is 0 Å². The molecule has 0 spiro atoms. The lowest BCUT2D eigenvalue weighted by Gasteiger charge is -2.36. The van der Waals surface area contributed by atoms with Gasteiger partial charge < -0.3 is 0 Å². The van der Waals surface area contributed by atoms with Gasteiger partial charge in [0.1, 0.15) is 0 Å². The fraction of sp³-hybridized carbons (Fsp3) is 0.0690. The van der Waals surface area contributed by atoms with Crippen LogP contribution in [0.25, 0.3) is 44.5 Å². The first-order chi connectivity index (χ1) is 30.1. The highest BCUT2D eigenvalue weighted by Gasteiger charge is 2.36. The third-order valence-corrected chi connectivity index (χ3v) is 14.2. The zero-order chi connectivity index (χ0) is 42.8. The van der Waals surface area contributed by atoms with Crippen LogP contribution in [0.3, 0.4) is 0 Å². The van der Waals surface area contributed by atoms with Crippen LogP contribution in [0.4, 0.5) is 0 Å². The predicted molar refractivity (Wildman–Crippen MR) is 274 cm³/mol. The summed E-state index contributed by atoms with van der Waals surface area (Å²) in [4.78, 5) is 3.75. The van der Waals surface area contributed by atoms with Gasteiger partial charge in [-0.25, -0.2) is 0 Å². The van der Waals surface area contributed by atoms with Crippen molar-refractivity contribution < 1.29 is 0 Å². The second-order valence-corrected chi connectivity index (χ2v) is 18.1. The van der Waals surface area contributed by atoms with Gasteiger partial charge in [0.15, 0.2) is 0 Å². The molecule has 0 heterocycles. The number of thiol groups is 4. The molecule has 0 aliphatic heterocycles. The van der Waals surface area contributed by atoms with E-state index in [1.54, 1.807) is 0 Å². The molecule has 0 amide bonds. The largest absolute Gasteiger partial charge is 0.143 e. The molecule has 0 saturated heterocycles. The minimum atomic E-state index is -0.562. The molecule has 0 fully saturated rings. The molecule has 302 valence electrons. The maximum Gasteiger partial charge on any atom is 0.0423 e. The molecular formula is C58H46S4. The zero-order valence-corrected chi connectivity index (χ0v) is 38.2. The molecule has 0 radical (unpaired) electrons. The van der Waals surface area contributed by atoms with E-state index in [0.29, 0.717) is 0 Å². The molecule has 0 aromatic heterocycles. The first-order valence-corrected chi connectivity index (χ1v) is 22.6. The molecule has 0 aliphatic carbocycles. The second-order valence-electron chi connectivity index (χ2n) is 16.2. The lowest BCUT2D eigenvalue weighted by Crippen LogP contribution is -2.28. The van der Waals surface area contributed by atoms with Crippen molar-refractivity contribution >= 4 is 50.5 Å². The van der Waals surface area contributed by atoms with E-state index in [-0.39, 0.29) is 0 Å². The number of benzene rings is 9. The van der Waals surface area contributed by atoms with E-state index in [4.69, 9.17) is 50.5 Å². The van der Waals surface area contributed by atoms with Gasteiger partial charge in [-0.3, -0.25) is 0 Å². The van der Waals surface area contributed by atoms with Crippen LogP contribution in [-0.2, 0) is 10.8 Å². The number of rotatable bonds is 10. The molecule has 0 atom stereocenters. The molecule has 62 heavy (non-hydrogen) atoms. The molecule has 0 N–H and O–H groups in total. The highest BCUT2D eigenvalue weighted by Crippen LogP contribution is 2.47. The summed E-state index contributed by atoms with van der Waals surface area (Å²) in [5.74, 6) is 0. The first-order valence-electron chi connectivity index (χ1n) is 20.8. The smallest absolute Gasteiger partial charge is 0.0423 e. The van der Waals surface area contributed by atoms with Crippen LogP contribution in [0.2, 0.25) is 0 Å². The molecule has 9 rings (SSSR count). The van der Waals surface area contributed by atoms with E-state index in [0.717, 1.165) is 64.1 Å². The van der Waals surface area contributed by atoms with Crippen LogP contribution in [0, 0.1) is 0 Å². The molecule has 4 heteroatoms. The Morgan fingerprint density at radius 3 is 0.645 bits per heavy atom. The zero-order valence-electron chi connectivity index (χ0n) is 34.6. The van der Waals surface area contributed by atoms with E-state index in [1.807, 2.05) is 0 Å². The summed E-state index contributed by atoms with van der Waals surface area (Å²) in [5.41, 5.74) is 14.8. The van der Waals surface area contributed by atoms with Crippen LogP contribution in [0.15, 0.2) is 238 Å². The van der Waals surface area contributed by atoms with Gasteiger partial charge in [0.25, 0.3) is 0 Å². The normalized spacial score (nSPS) is 11.7. The average molecular weight is 871 g/mol. The minimum Gasteiger partial charge on any atom is -0.143 e. The van der Waals surface area contributed by atoms with Crippen molar-refractivity contribution in [1.29, 1.82) is 0 Å². The third-order valence-electron chi connectivity index (χ3n) is 12.7. The highest BCUT2D eigenvalue weighted by molar-refractivity contribution is 7.81. The highest BCUT2D eigenvalue weighted by atomic mass is 32.1. The summed E-state index contributed by atoms with van der Waals surface area (Å²) in [6.45, 7) is 4.70. The molecule has 9 aromatic carbocycles. The summed E-state index contributed by atoms with van der Waals surface area (Å²) in [7, 11) is 0.